The topological polar surface area (TPSA) is 136 Å². The molecule has 0 rings (SSSR count). The van der Waals surface area contributed by atoms with Gasteiger partial charge < -0.3 is 21.9 Å². The average molecular weight is 277 g/mol. The van der Waals surface area contributed by atoms with E-state index in [4.69, 9.17) is 16.6 Å². The second-order valence-electron chi connectivity index (χ2n) is 4.20. The highest BCUT2D eigenvalue weighted by atomic mass is 32.1. The molecule has 0 spiro atoms. The Hall–Kier alpha value is -1.12. The third-order valence-corrected chi connectivity index (χ3v) is 3.06. The second kappa shape index (κ2) is 6.72. The molecule has 0 aromatic heterocycles. The van der Waals surface area contributed by atoms with Gasteiger partial charge in [-0.05, 0) is 5.92 Å². The molecule has 7 nitrogen and oxygen atoms in total. The number of thiol groups is 1. The Balaban J connectivity index is 5.18. The lowest BCUT2D eigenvalue weighted by Crippen LogP contribution is -2.65. The summed E-state index contributed by atoms with van der Waals surface area (Å²) < 4.78 is 0. The monoisotopic (exact) mass is 277 g/mol. The maximum absolute atomic E-state index is 12.1. The zero-order valence-corrected chi connectivity index (χ0v) is 11.2. The van der Waals surface area contributed by atoms with Crippen LogP contribution in [0.25, 0.3) is 0 Å². The van der Waals surface area contributed by atoms with Gasteiger partial charge in [0.1, 0.15) is 0 Å². The standard InChI is InChI=1S/C10H19N3O4S/c1-5(2)10(12,9(16)17)8(15)6(4-18)13-7(14)3-11/h5-6,18H,3-4,11-12H2,1-2H3,(H,13,14)(H,16,17). The van der Waals surface area contributed by atoms with Crippen molar-refractivity contribution in [3.63, 3.8) is 0 Å². The number of rotatable bonds is 7. The van der Waals surface area contributed by atoms with Crippen molar-refractivity contribution >= 4 is 30.3 Å². The summed E-state index contributed by atoms with van der Waals surface area (Å²) in [6.07, 6.45) is 0. The molecule has 2 unspecified atom stereocenters. The lowest BCUT2D eigenvalue weighted by Gasteiger charge is -2.30. The first-order valence-corrected chi connectivity index (χ1v) is 6.01. The van der Waals surface area contributed by atoms with Crippen molar-refractivity contribution in [2.45, 2.75) is 25.4 Å². The quantitative estimate of drug-likeness (QED) is 0.280. The van der Waals surface area contributed by atoms with Crippen molar-refractivity contribution in [2.24, 2.45) is 17.4 Å². The highest BCUT2D eigenvalue weighted by molar-refractivity contribution is 7.80. The molecule has 0 bridgehead atoms. The number of carbonyl (C=O) groups excluding carboxylic acids is 2. The van der Waals surface area contributed by atoms with Gasteiger partial charge in [0.25, 0.3) is 0 Å². The van der Waals surface area contributed by atoms with E-state index < -0.39 is 35.2 Å². The van der Waals surface area contributed by atoms with E-state index in [1.54, 1.807) is 0 Å². The largest absolute Gasteiger partial charge is 0.480 e. The third kappa shape index (κ3) is 3.44. The third-order valence-electron chi connectivity index (χ3n) is 2.69. The normalized spacial score (nSPS) is 15.9. The van der Waals surface area contributed by atoms with E-state index in [0.717, 1.165) is 0 Å². The van der Waals surface area contributed by atoms with E-state index in [9.17, 15) is 14.4 Å². The van der Waals surface area contributed by atoms with E-state index in [2.05, 4.69) is 17.9 Å². The molecule has 2 atom stereocenters. The van der Waals surface area contributed by atoms with Crippen LogP contribution < -0.4 is 16.8 Å². The minimum Gasteiger partial charge on any atom is -0.480 e. The van der Waals surface area contributed by atoms with Crippen LogP contribution in [0.5, 0.6) is 0 Å². The summed E-state index contributed by atoms with van der Waals surface area (Å²) in [6, 6.07) is -1.08. The number of carboxylic acids is 1. The van der Waals surface area contributed by atoms with E-state index in [1.807, 2.05) is 0 Å². The maximum atomic E-state index is 12.1. The van der Waals surface area contributed by atoms with Crippen LogP contribution in [0.2, 0.25) is 0 Å². The molecular formula is C10H19N3O4S. The Morgan fingerprint density at radius 1 is 1.39 bits per heavy atom. The number of aliphatic carboxylic acids is 1. The zero-order valence-electron chi connectivity index (χ0n) is 10.3. The Labute approximate surface area is 111 Å². The number of hydrogen-bond acceptors (Lipinski definition) is 6. The van der Waals surface area contributed by atoms with Gasteiger partial charge in [0.15, 0.2) is 11.3 Å². The average Bonchev–Trinajstić information content (AvgIpc) is 2.32. The van der Waals surface area contributed by atoms with Gasteiger partial charge in [0.05, 0.1) is 12.6 Å². The van der Waals surface area contributed by atoms with Gasteiger partial charge >= 0.3 is 5.97 Å². The fourth-order valence-electron chi connectivity index (χ4n) is 1.37. The van der Waals surface area contributed by atoms with Crippen LogP contribution in [0.4, 0.5) is 0 Å². The number of Topliss-reactive ketones (excluding diaryl/α,β-unsaturated/α-hetero) is 1. The van der Waals surface area contributed by atoms with E-state index in [1.165, 1.54) is 13.8 Å². The first-order chi connectivity index (χ1) is 8.21. The highest BCUT2D eigenvalue weighted by Crippen LogP contribution is 2.18. The van der Waals surface area contributed by atoms with E-state index >= 15 is 0 Å². The first-order valence-electron chi connectivity index (χ1n) is 5.38. The predicted octanol–water partition coefficient (Wildman–Crippen LogP) is -1.63. The van der Waals surface area contributed by atoms with Gasteiger partial charge in [-0.15, -0.1) is 0 Å². The Bertz CT molecular complexity index is 348. The number of carbonyl (C=O) groups is 3. The number of hydrogen-bond donors (Lipinski definition) is 5. The Morgan fingerprint density at radius 3 is 2.17 bits per heavy atom. The summed E-state index contributed by atoms with van der Waals surface area (Å²) in [5, 5.41) is 11.4. The Morgan fingerprint density at radius 2 is 1.89 bits per heavy atom. The van der Waals surface area contributed by atoms with Crippen LogP contribution >= 0.6 is 12.6 Å². The smallest absolute Gasteiger partial charge is 0.331 e. The van der Waals surface area contributed by atoms with Crippen molar-refractivity contribution in [3.8, 4) is 0 Å². The molecule has 8 heteroatoms. The fourth-order valence-corrected chi connectivity index (χ4v) is 1.63. The van der Waals surface area contributed by atoms with Crippen molar-refractivity contribution in [3.05, 3.63) is 0 Å². The molecule has 104 valence electrons. The summed E-state index contributed by atoms with van der Waals surface area (Å²) in [5.74, 6) is -3.47. The number of nitrogens with two attached hydrogens (primary N) is 2. The van der Waals surface area contributed by atoms with Crippen molar-refractivity contribution in [1.82, 2.24) is 5.32 Å². The lowest BCUT2D eigenvalue weighted by molar-refractivity contribution is -0.151. The molecule has 1 amide bonds. The highest BCUT2D eigenvalue weighted by Gasteiger charge is 2.47. The molecule has 6 N–H and O–H groups in total. The van der Waals surface area contributed by atoms with Crippen LogP contribution in [0, 0.1) is 5.92 Å². The van der Waals surface area contributed by atoms with E-state index in [-0.39, 0.29) is 12.3 Å². The van der Waals surface area contributed by atoms with Gasteiger partial charge in [-0.1, -0.05) is 13.8 Å². The molecule has 0 saturated heterocycles. The van der Waals surface area contributed by atoms with Crippen molar-refractivity contribution < 1.29 is 19.5 Å². The lowest BCUT2D eigenvalue weighted by atomic mass is 9.80. The zero-order chi connectivity index (χ0) is 14.5. The van der Waals surface area contributed by atoms with Gasteiger partial charge in [0.2, 0.25) is 5.91 Å². The van der Waals surface area contributed by atoms with Crippen molar-refractivity contribution in [1.29, 1.82) is 0 Å². The Kier molecular flexibility index (Phi) is 6.30. The van der Waals surface area contributed by atoms with Gasteiger partial charge in [0, 0.05) is 5.75 Å². The molecule has 0 fully saturated rings. The number of nitrogens with one attached hydrogen (secondary N) is 1. The molecule has 18 heavy (non-hydrogen) atoms. The van der Waals surface area contributed by atoms with Crippen LogP contribution in [0.15, 0.2) is 0 Å². The summed E-state index contributed by atoms with van der Waals surface area (Å²) in [5.41, 5.74) is 8.70. The minimum atomic E-state index is -2.06. The van der Waals surface area contributed by atoms with Crippen molar-refractivity contribution in [2.75, 3.05) is 12.3 Å². The predicted molar refractivity (Wildman–Crippen MR) is 69.2 cm³/mol. The number of amides is 1. The van der Waals surface area contributed by atoms with Crippen LogP contribution in [0.3, 0.4) is 0 Å². The summed E-state index contributed by atoms with van der Waals surface area (Å²) in [7, 11) is 0. The minimum absolute atomic E-state index is 0.0521. The molecule has 0 saturated carbocycles. The summed E-state index contributed by atoms with van der Waals surface area (Å²) in [4.78, 5) is 34.4. The molecule has 0 aliphatic carbocycles. The molecule has 0 aliphatic heterocycles. The van der Waals surface area contributed by atoms with Gasteiger partial charge in [-0.2, -0.15) is 12.6 Å². The fraction of sp³-hybridized carbons (Fsp3) is 0.700. The number of ketones is 1. The molecular weight excluding hydrogens is 258 g/mol. The van der Waals surface area contributed by atoms with Crippen LogP contribution in [0.1, 0.15) is 13.8 Å². The number of carboxylic acid groups (broad SMARTS) is 1. The molecule has 0 radical (unpaired) electrons. The second-order valence-corrected chi connectivity index (χ2v) is 4.57. The summed E-state index contributed by atoms with van der Waals surface area (Å²) in [6.45, 7) is 2.74. The van der Waals surface area contributed by atoms with Gasteiger partial charge in [-0.25, -0.2) is 4.79 Å². The first kappa shape index (κ1) is 16.9. The van der Waals surface area contributed by atoms with Crippen LogP contribution in [-0.4, -0.2) is 46.6 Å². The van der Waals surface area contributed by atoms with E-state index in [0.29, 0.717) is 0 Å². The van der Waals surface area contributed by atoms with Crippen LogP contribution in [-0.2, 0) is 14.4 Å². The molecule has 0 heterocycles. The maximum Gasteiger partial charge on any atom is 0.331 e. The summed E-state index contributed by atoms with van der Waals surface area (Å²) >= 11 is 3.91. The molecule has 0 aromatic rings. The van der Waals surface area contributed by atoms with Gasteiger partial charge in [-0.3, -0.25) is 9.59 Å². The SMILES string of the molecule is CC(C)C(N)(C(=O)O)C(=O)C(CS)NC(=O)CN. The molecule has 0 aliphatic rings. The molecule has 0 aromatic carbocycles.